The molecule has 88 valence electrons. The van der Waals surface area contributed by atoms with Gasteiger partial charge < -0.3 is 5.11 Å². The molecule has 0 radical (unpaired) electrons. The van der Waals surface area contributed by atoms with Crippen molar-refractivity contribution in [2.24, 2.45) is 5.92 Å². The van der Waals surface area contributed by atoms with Crippen molar-refractivity contribution >= 4 is 39.0 Å². The topological polar surface area (TPSA) is 37.3 Å². The number of halogens is 1. The molecule has 2 nitrogen and oxygen atoms in total. The van der Waals surface area contributed by atoms with Gasteiger partial charge in [0, 0.05) is 14.6 Å². The number of benzene rings is 1. The Bertz CT molecular complexity index is 603. The molecule has 1 aromatic heterocycles. The molecule has 1 aliphatic carbocycles. The highest BCUT2D eigenvalue weighted by molar-refractivity contribution is 7.19. The normalized spacial score (nSPS) is 19.2. The Morgan fingerprint density at radius 2 is 2.29 bits per heavy atom. The zero-order chi connectivity index (χ0) is 12.0. The van der Waals surface area contributed by atoms with E-state index in [0.717, 1.165) is 17.9 Å². The zero-order valence-corrected chi connectivity index (χ0v) is 10.6. The molecule has 0 spiro atoms. The molecule has 1 atom stereocenters. The first-order valence-electron chi connectivity index (χ1n) is 5.58. The summed E-state index contributed by atoms with van der Waals surface area (Å²) in [6, 6.07) is 5.92. The van der Waals surface area contributed by atoms with Crippen molar-refractivity contribution in [2.45, 2.75) is 19.3 Å². The third-order valence-corrected chi connectivity index (χ3v) is 4.81. The summed E-state index contributed by atoms with van der Waals surface area (Å²) >= 11 is 7.66. The molecule has 4 heteroatoms. The van der Waals surface area contributed by atoms with Gasteiger partial charge in [0.1, 0.15) is 0 Å². The summed E-state index contributed by atoms with van der Waals surface area (Å²) in [4.78, 5) is 12.2. The molecule has 17 heavy (non-hydrogen) atoms. The minimum absolute atomic E-state index is 0.217. The largest absolute Gasteiger partial charge is 0.481 e. The number of thiophene rings is 1. The Labute approximate surface area is 108 Å². The van der Waals surface area contributed by atoms with Crippen LogP contribution in [0.25, 0.3) is 10.1 Å². The predicted molar refractivity (Wildman–Crippen MR) is 70.0 cm³/mol. The molecule has 2 aromatic rings. The number of fused-ring (bicyclic) bond motifs is 3. The minimum Gasteiger partial charge on any atom is -0.481 e. The molecule has 0 saturated carbocycles. The predicted octanol–water partition coefficient (Wildman–Crippen LogP) is 3.74. The smallest absolute Gasteiger partial charge is 0.306 e. The van der Waals surface area contributed by atoms with E-state index in [1.807, 2.05) is 18.2 Å². The van der Waals surface area contributed by atoms with Crippen LogP contribution in [0.1, 0.15) is 16.9 Å². The Morgan fingerprint density at radius 1 is 1.47 bits per heavy atom. The van der Waals surface area contributed by atoms with Gasteiger partial charge in [0.25, 0.3) is 0 Å². The van der Waals surface area contributed by atoms with Crippen LogP contribution in [0, 0.1) is 5.92 Å². The van der Waals surface area contributed by atoms with Crippen LogP contribution >= 0.6 is 22.9 Å². The molecule has 1 aromatic carbocycles. The van der Waals surface area contributed by atoms with E-state index in [2.05, 4.69) is 0 Å². The Kier molecular flexibility index (Phi) is 2.60. The summed E-state index contributed by atoms with van der Waals surface area (Å²) in [6.45, 7) is 0. The second-order valence-corrected chi connectivity index (χ2v) is 6.00. The van der Waals surface area contributed by atoms with Crippen molar-refractivity contribution in [3.63, 3.8) is 0 Å². The number of hydrogen-bond donors (Lipinski definition) is 1. The first-order valence-corrected chi connectivity index (χ1v) is 6.77. The summed E-state index contributed by atoms with van der Waals surface area (Å²) < 4.78 is 1.17. The third-order valence-electron chi connectivity index (χ3n) is 3.36. The van der Waals surface area contributed by atoms with Gasteiger partial charge in [-0.1, -0.05) is 17.7 Å². The van der Waals surface area contributed by atoms with Gasteiger partial charge in [0.15, 0.2) is 0 Å². The van der Waals surface area contributed by atoms with Crippen molar-refractivity contribution in [1.82, 2.24) is 0 Å². The Balaban J connectivity index is 2.09. The van der Waals surface area contributed by atoms with Gasteiger partial charge in [-0.2, -0.15) is 0 Å². The van der Waals surface area contributed by atoms with Crippen LogP contribution < -0.4 is 0 Å². The van der Waals surface area contributed by atoms with Crippen molar-refractivity contribution in [2.75, 3.05) is 0 Å². The highest BCUT2D eigenvalue weighted by Gasteiger charge is 2.26. The highest BCUT2D eigenvalue weighted by atomic mass is 35.5. The van der Waals surface area contributed by atoms with E-state index in [-0.39, 0.29) is 5.92 Å². The van der Waals surface area contributed by atoms with Gasteiger partial charge >= 0.3 is 5.97 Å². The molecule has 0 amide bonds. The average Bonchev–Trinajstić information content (AvgIpc) is 2.64. The Morgan fingerprint density at radius 3 is 3.06 bits per heavy atom. The van der Waals surface area contributed by atoms with Gasteiger partial charge in [0.05, 0.1) is 5.92 Å². The van der Waals surface area contributed by atoms with Crippen molar-refractivity contribution in [3.05, 3.63) is 33.7 Å². The molecule has 1 aliphatic rings. The zero-order valence-electron chi connectivity index (χ0n) is 9.07. The summed E-state index contributed by atoms with van der Waals surface area (Å²) in [5.74, 6) is -0.892. The maximum atomic E-state index is 11.0. The van der Waals surface area contributed by atoms with Gasteiger partial charge in [0.2, 0.25) is 0 Å². The lowest BCUT2D eigenvalue weighted by molar-refractivity contribution is -0.142. The second kappa shape index (κ2) is 4.00. The number of carboxylic acids is 1. The second-order valence-electron chi connectivity index (χ2n) is 4.42. The van der Waals surface area contributed by atoms with Crippen molar-refractivity contribution in [1.29, 1.82) is 0 Å². The van der Waals surface area contributed by atoms with Crippen LogP contribution in [-0.4, -0.2) is 11.1 Å². The Hall–Kier alpha value is -1.06. The van der Waals surface area contributed by atoms with E-state index in [1.54, 1.807) is 11.3 Å². The van der Waals surface area contributed by atoms with Crippen molar-refractivity contribution in [3.8, 4) is 0 Å². The molecule has 0 bridgehead atoms. The molecule has 0 saturated heterocycles. The van der Waals surface area contributed by atoms with E-state index in [4.69, 9.17) is 16.7 Å². The maximum Gasteiger partial charge on any atom is 0.306 e. The minimum atomic E-state index is -0.675. The van der Waals surface area contributed by atoms with Crippen LogP contribution in [0.4, 0.5) is 0 Å². The van der Waals surface area contributed by atoms with Gasteiger partial charge in [-0.3, -0.25) is 4.79 Å². The number of hydrogen-bond acceptors (Lipinski definition) is 2. The standard InChI is InChI=1S/C13H11ClO2S/c14-8-2-4-10-9-3-1-7(13(15)16)5-11(9)17-12(10)6-8/h2,4,6-7H,1,3,5H2,(H,15,16). The molecule has 1 heterocycles. The summed E-state index contributed by atoms with van der Waals surface area (Å²) in [5, 5.41) is 11.1. The molecule has 0 aliphatic heterocycles. The molecule has 1 N–H and O–H groups in total. The fourth-order valence-corrected chi connectivity index (χ4v) is 4.08. The first kappa shape index (κ1) is 11.1. The average molecular weight is 267 g/mol. The first-order chi connectivity index (χ1) is 8.15. The quantitative estimate of drug-likeness (QED) is 0.854. The summed E-state index contributed by atoms with van der Waals surface area (Å²) in [5.41, 5.74) is 1.33. The van der Waals surface area contributed by atoms with Crippen LogP contribution in [-0.2, 0) is 17.6 Å². The number of carboxylic acid groups (broad SMARTS) is 1. The fourth-order valence-electron chi connectivity index (χ4n) is 2.47. The van der Waals surface area contributed by atoms with E-state index in [1.165, 1.54) is 20.5 Å². The molecule has 0 fully saturated rings. The van der Waals surface area contributed by atoms with Crippen LogP contribution in [0.2, 0.25) is 5.02 Å². The fraction of sp³-hybridized carbons (Fsp3) is 0.308. The van der Waals surface area contributed by atoms with Crippen LogP contribution in [0.5, 0.6) is 0 Å². The molecular weight excluding hydrogens is 256 g/mol. The lowest BCUT2D eigenvalue weighted by atomic mass is 9.88. The summed E-state index contributed by atoms with van der Waals surface area (Å²) in [7, 11) is 0. The van der Waals surface area contributed by atoms with E-state index in [9.17, 15) is 4.79 Å². The number of carbonyl (C=O) groups is 1. The molecule has 3 rings (SSSR count). The van der Waals surface area contributed by atoms with E-state index >= 15 is 0 Å². The van der Waals surface area contributed by atoms with Crippen LogP contribution in [0.15, 0.2) is 18.2 Å². The highest BCUT2D eigenvalue weighted by Crippen LogP contribution is 2.39. The monoisotopic (exact) mass is 266 g/mol. The van der Waals surface area contributed by atoms with Gasteiger partial charge in [-0.25, -0.2) is 0 Å². The van der Waals surface area contributed by atoms with E-state index < -0.39 is 5.97 Å². The van der Waals surface area contributed by atoms with E-state index in [0.29, 0.717) is 6.42 Å². The lowest BCUT2D eigenvalue weighted by Crippen LogP contribution is -2.20. The maximum absolute atomic E-state index is 11.0. The van der Waals surface area contributed by atoms with Gasteiger partial charge in [-0.15, -0.1) is 11.3 Å². The van der Waals surface area contributed by atoms with Crippen molar-refractivity contribution < 1.29 is 9.90 Å². The third kappa shape index (κ3) is 1.83. The number of aryl methyl sites for hydroxylation is 1. The molecular formula is C13H11ClO2S. The van der Waals surface area contributed by atoms with Crippen LogP contribution in [0.3, 0.4) is 0 Å². The summed E-state index contributed by atoms with van der Waals surface area (Å²) in [6.07, 6.45) is 2.28. The lowest BCUT2D eigenvalue weighted by Gasteiger charge is -2.18. The van der Waals surface area contributed by atoms with Gasteiger partial charge in [-0.05, 0) is 42.3 Å². The number of aliphatic carboxylic acids is 1. The molecule has 1 unspecified atom stereocenters. The number of rotatable bonds is 1. The SMILES string of the molecule is O=C(O)C1CCc2c(sc3cc(Cl)ccc23)C1.